The van der Waals surface area contributed by atoms with E-state index in [1.165, 1.54) is 11.3 Å². The summed E-state index contributed by atoms with van der Waals surface area (Å²) in [5.41, 5.74) is 9.84. The summed E-state index contributed by atoms with van der Waals surface area (Å²) in [6.45, 7) is 3.99. The summed E-state index contributed by atoms with van der Waals surface area (Å²) in [5, 5.41) is 9.43. The van der Waals surface area contributed by atoms with Crippen LogP contribution in [0, 0.1) is 13.8 Å². The minimum absolute atomic E-state index is 0.0774. The first-order valence-corrected chi connectivity index (χ1v) is 9.44. The lowest BCUT2D eigenvalue weighted by Crippen LogP contribution is -2.14. The van der Waals surface area contributed by atoms with Crippen molar-refractivity contribution in [2.75, 3.05) is 5.32 Å². The van der Waals surface area contributed by atoms with Crippen molar-refractivity contribution in [3.63, 3.8) is 0 Å². The molecular weight excluding hydrogens is 362 g/mol. The monoisotopic (exact) mass is 383 g/mol. The van der Waals surface area contributed by atoms with Crippen molar-refractivity contribution in [3.05, 3.63) is 58.4 Å². The first-order chi connectivity index (χ1) is 12.9. The average molecular weight is 383 g/mol. The highest BCUT2D eigenvalue weighted by atomic mass is 32.1. The molecule has 3 N–H and O–H groups in total. The molecule has 0 radical (unpaired) electrons. The Labute approximate surface area is 161 Å². The first kappa shape index (κ1) is 18.8. The van der Waals surface area contributed by atoms with Crippen LogP contribution in [0.2, 0.25) is 0 Å². The first-order valence-electron chi connectivity index (χ1n) is 8.56. The molecule has 27 heavy (non-hydrogen) atoms. The van der Waals surface area contributed by atoms with E-state index in [1.54, 1.807) is 5.38 Å². The third-order valence-electron chi connectivity index (χ3n) is 3.98. The molecule has 0 aliphatic heterocycles. The molecule has 2 heterocycles. The maximum atomic E-state index is 12.1. The second-order valence-electron chi connectivity index (χ2n) is 6.34. The van der Waals surface area contributed by atoms with Crippen LogP contribution in [0.3, 0.4) is 0 Å². The number of benzene rings is 1. The van der Waals surface area contributed by atoms with Gasteiger partial charge in [0.2, 0.25) is 11.8 Å². The predicted molar refractivity (Wildman–Crippen MR) is 105 cm³/mol. The van der Waals surface area contributed by atoms with Crippen LogP contribution in [0.5, 0.6) is 0 Å². The van der Waals surface area contributed by atoms with Crippen molar-refractivity contribution in [3.8, 4) is 5.69 Å². The van der Waals surface area contributed by atoms with Crippen molar-refractivity contribution in [1.82, 2.24) is 14.8 Å². The van der Waals surface area contributed by atoms with E-state index < -0.39 is 5.91 Å². The Bertz CT molecular complexity index is 959. The number of nitrogens with two attached hydrogens (primary N) is 1. The molecule has 0 bridgehead atoms. The van der Waals surface area contributed by atoms with Crippen molar-refractivity contribution in [2.45, 2.75) is 33.1 Å². The zero-order chi connectivity index (χ0) is 19.4. The SMILES string of the molecule is Cc1cc(C)n(-c2ccc(CCC(=O)Nc3nc(CC(N)=O)cs3)cc2)n1. The molecule has 0 fully saturated rings. The number of nitrogens with one attached hydrogen (secondary N) is 1. The Morgan fingerprint density at radius 3 is 2.59 bits per heavy atom. The van der Waals surface area contributed by atoms with Gasteiger partial charge in [0, 0.05) is 17.5 Å². The largest absolute Gasteiger partial charge is 0.369 e. The fourth-order valence-electron chi connectivity index (χ4n) is 2.76. The Kier molecular flexibility index (Phi) is 5.66. The molecule has 1 aromatic carbocycles. The Balaban J connectivity index is 1.53. The molecule has 0 aliphatic carbocycles. The maximum Gasteiger partial charge on any atom is 0.226 e. The number of aromatic nitrogens is 3. The van der Waals surface area contributed by atoms with Crippen LogP contribution < -0.4 is 11.1 Å². The number of carbonyl (C=O) groups excluding carboxylic acids is 2. The van der Waals surface area contributed by atoms with Gasteiger partial charge in [0.25, 0.3) is 0 Å². The second-order valence-corrected chi connectivity index (χ2v) is 7.20. The number of hydrogen-bond donors (Lipinski definition) is 2. The molecule has 7 nitrogen and oxygen atoms in total. The van der Waals surface area contributed by atoms with Gasteiger partial charge in [-0.05, 0) is 44.0 Å². The Morgan fingerprint density at radius 1 is 1.22 bits per heavy atom. The third-order valence-corrected chi connectivity index (χ3v) is 4.79. The van der Waals surface area contributed by atoms with Gasteiger partial charge in [0.1, 0.15) is 0 Å². The van der Waals surface area contributed by atoms with Crippen LogP contribution in [0.4, 0.5) is 5.13 Å². The lowest BCUT2D eigenvalue weighted by molar-refractivity contribution is -0.117. The second kappa shape index (κ2) is 8.13. The highest BCUT2D eigenvalue weighted by Gasteiger charge is 2.09. The standard InChI is InChI=1S/C19H21N5O2S/c1-12-9-13(2)24(23-12)16-6-3-14(4-7-16)5-8-18(26)22-19-21-15(11-27-19)10-17(20)25/h3-4,6-7,9,11H,5,8,10H2,1-2H3,(H2,20,25)(H,21,22,26). The number of amides is 2. The lowest BCUT2D eigenvalue weighted by atomic mass is 10.1. The van der Waals surface area contributed by atoms with Crippen molar-refractivity contribution in [1.29, 1.82) is 0 Å². The minimum Gasteiger partial charge on any atom is -0.369 e. The smallest absolute Gasteiger partial charge is 0.226 e. The molecule has 0 saturated carbocycles. The molecule has 3 rings (SSSR count). The van der Waals surface area contributed by atoms with Gasteiger partial charge in [-0.2, -0.15) is 5.10 Å². The van der Waals surface area contributed by atoms with Crippen molar-refractivity contribution in [2.24, 2.45) is 5.73 Å². The number of primary amides is 1. The molecular formula is C19H21N5O2S. The fourth-order valence-corrected chi connectivity index (χ4v) is 3.48. The highest BCUT2D eigenvalue weighted by Crippen LogP contribution is 2.17. The summed E-state index contributed by atoms with van der Waals surface area (Å²) in [5.74, 6) is -0.556. The summed E-state index contributed by atoms with van der Waals surface area (Å²) in [6.07, 6.45) is 1.06. The number of anilines is 1. The van der Waals surface area contributed by atoms with Crippen LogP contribution >= 0.6 is 11.3 Å². The van der Waals surface area contributed by atoms with Crippen LogP contribution in [-0.2, 0) is 22.4 Å². The van der Waals surface area contributed by atoms with E-state index in [0.29, 0.717) is 23.7 Å². The van der Waals surface area contributed by atoms with E-state index in [1.807, 2.05) is 48.9 Å². The van der Waals surface area contributed by atoms with Crippen LogP contribution in [-0.4, -0.2) is 26.6 Å². The molecule has 0 spiro atoms. The van der Waals surface area contributed by atoms with Gasteiger partial charge in [-0.3, -0.25) is 9.59 Å². The number of hydrogen-bond acceptors (Lipinski definition) is 5. The van der Waals surface area contributed by atoms with Crippen LogP contribution in [0.25, 0.3) is 5.69 Å². The van der Waals surface area contributed by atoms with Gasteiger partial charge in [-0.1, -0.05) is 12.1 Å². The Hall–Kier alpha value is -3.00. The normalized spacial score (nSPS) is 10.7. The van der Waals surface area contributed by atoms with Gasteiger partial charge in [0.05, 0.1) is 23.5 Å². The van der Waals surface area contributed by atoms with Gasteiger partial charge >= 0.3 is 0 Å². The maximum absolute atomic E-state index is 12.1. The summed E-state index contributed by atoms with van der Waals surface area (Å²) >= 11 is 1.28. The van der Waals surface area contributed by atoms with E-state index >= 15 is 0 Å². The Morgan fingerprint density at radius 2 is 1.96 bits per heavy atom. The average Bonchev–Trinajstić information content (AvgIpc) is 3.18. The summed E-state index contributed by atoms with van der Waals surface area (Å²) < 4.78 is 1.90. The zero-order valence-corrected chi connectivity index (χ0v) is 16.0. The highest BCUT2D eigenvalue weighted by molar-refractivity contribution is 7.13. The molecule has 8 heteroatoms. The quantitative estimate of drug-likeness (QED) is 0.654. The molecule has 140 valence electrons. The van der Waals surface area contributed by atoms with Gasteiger partial charge in [-0.15, -0.1) is 11.3 Å². The number of carbonyl (C=O) groups is 2. The topological polar surface area (TPSA) is 103 Å². The number of nitrogens with zero attached hydrogens (tertiary/aromatic N) is 3. The summed E-state index contributed by atoms with van der Waals surface area (Å²) in [7, 11) is 0. The van der Waals surface area contributed by atoms with Gasteiger partial charge in [0.15, 0.2) is 5.13 Å². The van der Waals surface area contributed by atoms with Crippen LogP contribution in [0.1, 0.15) is 29.1 Å². The number of aryl methyl sites for hydroxylation is 3. The number of rotatable bonds is 7. The van der Waals surface area contributed by atoms with Crippen LogP contribution in [0.15, 0.2) is 35.7 Å². The van der Waals surface area contributed by atoms with E-state index in [9.17, 15) is 9.59 Å². The molecule has 0 aliphatic rings. The van der Waals surface area contributed by atoms with E-state index in [0.717, 1.165) is 22.6 Å². The molecule has 0 atom stereocenters. The molecule has 3 aromatic rings. The lowest BCUT2D eigenvalue weighted by Gasteiger charge is -2.06. The molecule has 2 aromatic heterocycles. The molecule has 0 saturated heterocycles. The van der Waals surface area contributed by atoms with Gasteiger partial charge in [-0.25, -0.2) is 9.67 Å². The van der Waals surface area contributed by atoms with E-state index in [-0.39, 0.29) is 12.3 Å². The number of thiazole rings is 1. The fraction of sp³-hybridized carbons (Fsp3) is 0.263. The molecule has 0 unspecified atom stereocenters. The van der Waals surface area contributed by atoms with Gasteiger partial charge < -0.3 is 11.1 Å². The molecule has 2 amide bonds. The minimum atomic E-state index is -0.443. The zero-order valence-electron chi connectivity index (χ0n) is 15.2. The van der Waals surface area contributed by atoms with Crippen molar-refractivity contribution >= 4 is 28.3 Å². The van der Waals surface area contributed by atoms with Crippen molar-refractivity contribution < 1.29 is 9.59 Å². The van der Waals surface area contributed by atoms with E-state index in [4.69, 9.17) is 5.73 Å². The summed E-state index contributed by atoms with van der Waals surface area (Å²) in [4.78, 5) is 27.2. The van der Waals surface area contributed by atoms with E-state index in [2.05, 4.69) is 15.4 Å². The third kappa shape index (κ3) is 5.01. The summed E-state index contributed by atoms with van der Waals surface area (Å²) in [6, 6.07) is 10.1. The predicted octanol–water partition coefficient (Wildman–Crippen LogP) is 2.54.